The number of quaternary nitrogens is 1. The van der Waals surface area contributed by atoms with Gasteiger partial charge in [0.25, 0.3) is 0 Å². The molecule has 0 N–H and O–H groups in total. The Hall–Kier alpha value is 0.137. The average Bonchev–Trinajstić information content (AvgIpc) is 2.76. The molecule has 0 aliphatic heterocycles. The molecule has 33 heavy (non-hydrogen) atoms. The number of hydrogen-bond donors (Lipinski definition) is 0. The van der Waals surface area contributed by atoms with Gasteiger partial charge in [-0.05, 0) is 64.6 Å². The fraction of sp³-hybridized carbons (Fsp3) is 1.00. The molecule has 0 atom stereocenters. The second-order valence-corrected chi connectivity index (χ2v) is 16.6. The number of hydrogen-bond acceptors (Lipinski definition) is 1. The molecule has 0 aromatic rings. The van der Waals surface area contributed by atoms with Gasteiger partial charge in [-0.15, -0.1) is 0 Å². The predicted octanol–water partition coefficient (Wildman–Crippen LogP) is 10.1. The minimum atomic E-state index is -1.32. The van der Waals surface area contributed by atoms with Gasteiger partial charge in [0, 0.05) is 6.61 Å². The Balaban J connectivity index is 4.11. The molecular formula is C30H66NOSi+. The Labute approximate surface area is 212 Å². The van der Waals surface area contributed by atoms with Crippen LogP contribution in [-0.4, -0.2) is 46.1 Å². The molecule has 0 aliphatic rings. The lowest BCUT2D eigenvalue weighted by atomic mass is 10.1. The molecule has 0 unspecified atom stereocenters. The largest absolute Gasteiger partial charge is 0.418 e. The maximum absolute atomic E-state index is 6.03. The van der Waals surface area contributed by atoms with Crippen LogP contribution in [0, 0.1) is 0 Å². The fourth-order valence-electron chi connectivity index (χ4n) is 4.92. The first kappa shape index (κ1) is 33.1. The fourth-order valence-corrected chi connectivity index (χ4v) is 5.67. The van der Waals surface area contributed by atoms with Crippen molar-refractivity contribution in [3.63, 3.8) is 0 Å². The van der Waals surface area contributed by atoms with E-state index in [0.29, 0.717) is 0 Å². The van der Waals surface area contributed by atoms with Gasteiger partial charge in [-0.1, -0.05) is 97.3 Å². The maximum Gasteiger partial charge on any atom is 0.183 e. The van der Waals surface area contributed by atoms with Crippen LogP contribution in [0.25, 0.3) is 0 Å². The van der Waals surface area contributed by atoms with E-state index in [9.17, 15) is 0 Å². The molecule has 0 aromatic carbocycles. The van der Waals surface area contributed by atoms with Crippen LogP contribution in [0.15, 0.2) is 0 Å². The summed E-state index contributed by atoms with van der Waals surface area (Å²) in [5.74, 6) is 0. The van der Waals surface area contributed by atoms with Crippen molar-refractivity contribution in [2.75, 3.05) is 33.3 Å². The number of rotatable bonds is 26. The first-order valence-corrected chi connectivity index (χ1v) is 18.7. The van der Waals surface area contributed by atoms with E-state index in [4.69, 9.17) is 4.43 Å². The molecule has 0 heterocycles. The van der Waals surface area contributed by atoms with Crippen molar-refractivity contribution in [2.45, 2.75) is 162 Å². The van der Waals surface area contributed by atoms with Crippen LogP contribution in [0.3, 0.4) is 0 Å². The van der Waals surface area contributed by atoms with Crippen molar-refractivity contribution >= 4 is 8.32 Å². The Morgan fingerprint density at radius 1 is 0.455 bits per heavy atom. The van der Waals surface area contributed by atoms with Crippen LogP contribution in [-0.2, 0) is 4.43 Å². The molecule has 200 valence electrons. The Morgan fingerprint density at radius 2 is 0.758 bits per heavy atom. The highest BCUT2D eigenvalue weighted by Crippen LogP contribution is 2.17. The van der Waals surface area contributed by atoms with Gasteiger partial charge in [0.2, 0.25) is 0 Å². The molecule has 0 saturated heterocycles. The van der Waals surface area contributed by atoms with E-state index < -0.39 is 8.32 Å². The Morgan fingerprint density at radius 3 is 1.09 bits per heavy atom. The van der Waals surface area contributed by atoms with Crippen LogP contribution in [0.4, 0.5) is 0 Å². The lowest BCUT2D eigenvalue weighted by molar-refractivity contribution is -0.910. The summed E-state index contributed by atoms with van der Waals surface area (Å²) < 4.78 is 7.36. The van der Waals surface area contributed by atoms with Gasteiger partial charge < -0.3 is 8.91 Å². The predicted molar refractivity (Wildman–Crippen MR) is 154 cm³/mol. The third-order valence-corrected chi connectivity index (χ3v) is 8.30. The number of nitrogens with zero attached hydrogens (tertiary/aromatic N) is 1. The van der Waals surface area contributed by atoms with Crippen molar-refractivity contribution in [3.8, 4) is 0 Å². The Bertz CT molecular complexity index is 373. The first-order chi connectivity index (χ1) is 15.8. The molecule has 0 rings (SSSR count). The standard InChI is InChI=1S/C30H66NOSi/c1-7-9-11-13-15-17-19-23-27-31(3,28-24-20-18-16-14-12-10-8-2)29-25-21-22-26-30-32-33(4,5)6/h7-30H2,1-6H3/q+1. The summed E-state index contributed by atoms with van der Waals surface area (Å²) in [6, 6.07) is 0. The molecule has 3 heteroatoms. The van der Waals surface area contributed by atoms with Crippen molar-refractivity contribution in [1.29, 1.82) is 0 Å². The summed E-state index contributed by atoms with van der Waals surface area (Å²) >= 11 is 0. The smallest absolute Gasteiger partial charge is 0.183 e. The quantitative estimate of drug-likeness (QED) is 0.0674. The summed E-state index contributed by atoms with van der Waals surface area (Å²) in [4.78, 5) is 0. The van der Waals surface area contributed by atoms with Gasteiger partial charge in [0.1, 0.15) is 0 Å². The zero-order valence-corrected chi connectivity index (χ0v) is 25.3. The van der Waals surface area contributed by atoms with Crippen molar-refractivity contribution in [3.05, 3.63) is 0 Å². The molecule has 0 bridgehead atoms. The monoisotopic (exact) mass is 484 g/mol. The minimum Gasteiger partial charge on any atom is -0.418 e. The summed E-state index contributed by atoms with van der Waals surface area (Å²) in [5, 5.41) is 0. The van der Waals surface area contributed by atoms with E-state index >= 15 is 0 Å². The van der Waals surface area contributed by atoms with Crippen molar-refractivity contribution in [2.24, 2.45) is 0 Å². The Kier molecular flexibility index (Phi) is 22.7. The van der Waals surface area contributed by atoms with E-state index in [1.54, 1.807) is 0 Å². The third-order valence-electron chi connectivity index (χ3n) is 7.23. The highest BCUT2D eigenvalue weighted by Gasteiger charge is 2.20. The normalized spacial score (nSPS) is 12.5. The summed E-state index contributed by atoms with van der Waals surface area (Å²) in [6.07, 6.45) is 28.4. The topological polar surface area (TPSA) is 9.23 Å². The lowest BCUT2D eigenvalue weighted by Crippen LogP contribution is -2.46. The minimum absolute atomic E-state index is 0.984. The summed E-state index contributed by atoms with van der Waals surface area (Å²) in [6.45, 7) is 16.7. The molecule has 0 spiro atoms. The second-order valence-electron chi connectivity index (χ2n) is 12.1. The van der Waals surface area contributed by atoms with Crippen LogP contribution in [0.2, 0.25) is 19.6 Å². The zero-order valence-electron chi connectivity index (χ0n) is 24.3. The molecule has 0 aromatic heterocycles. The number of unbranched alkanes of at least 4 members (excludes halogenated alkanes) is 17. The van der Waals surface area contributed by atoms with E-state index in [1.807, 2.05) is 0 Å². The SMILES string of the molecule is CCCCCCCCCC[N+](C)(CCCCCCCCCC)CCCCCCO[Si](C)(C)C. The lowest BCUT2D eigenvalue weighted by Gasteiger charge is -2.35. The van der Waals surface area contributed by atoms with Crippen LogP contribution < -0.4 is 0 Å². The molecule has 0 fully saturated rings. The highest BCUT2D eigenvalue weighted by molar-refractivity contribution is 6.69. The average molecular weight is 485 g/mol. The zero-order chi connectivity index (χ0) is 24.7. The van der Waals surface area contributed by atoms with Gasteiger partial charge >= 0.3 is 0 Å². The van der Waals surface area contributed by atoms with Gasteiger partial charge in [-0.2, -0.15) is 0 Å². The van der Waals surface area contributed by atoms with E-state index in [1.165, 1.54) is 153 Å². The third kappa shape index (κ3) is 25.0. The first-order valence-electron chi connectivity index (χ1n) is 15.3. The summed E-state index contributed by atoms with van der Waals surface area (Å²) in [7, 11) is 1.24. The molecular weight excluding hydrogens is 418 g/mol. The van der Waals surface area contributed by atoms with Gasteiger partial charge in [0.15, 0.2) is 8.32 Å². The molecule has 0 saturated carbocycles. The van der Waals surface area contributed by atoms with E-state index in [2.05, 4.69) is 40.5 Å². The van der Waals surface area contributed by atoms with E-state index in [0.717, 1.165) is 6.61 Å². The van der Waals surface area contributed by atoms with Crippen LogP contribution >= 0.6 is 0 Å². The van der Waals surface area contributed by atoms with Crippen LogP contribution in [0.1, 0.15) is 142 Å². The van der Waals surface area contributed by atoms with Gasteiger partial charge in [-0.25, -0.2) is 0 Å². The molecule has 0 amide bonds. The van der Waals surface area contributed by atoms with Crippen molar-refractivity contribution < 1.29 is 8.91 Å². The summed E-state index contributed by atoms with van der Waals surface area (Å²) in [5.41, 5.74) is 0. The van der Waals surface area contributed by atoms with Gasteiger partial charge in [0.05, 0.1) is 26.7 Å². The van der Waals surface area contributed by atoms with Crippen LogP contribution in [0.5, 0.6) is 0 Å². The van der Waals surface area contributed by atoms with E-state index in [-0.39, 0.29) is 0 Å². The van der Waals surface area contributed by atoms with Crippen molar-refractivity contribution in [1.82, 2.24) is 0 Å². The van der Waals surface area contributed by atoms with Gasteiger partial charge in [-0.3, -0.25) is 0 Å². The second kappa shape index (κ2) is 22.6. The molecule has 0 aliphatic carbocycles. The maximum atomic E-state index is 6.03. The molecule has 0 radical (unpaired) electrons. The highest BCUT2D eigenvalue weighted by atomic mass is 28.4. The molecule has 2 nitrogen and oxygen atoms in total.